The van der Waals surface area contributed by atoms with E-state index in [1.165, 1.54) is 24.3 Å². The quantitative estimate of drug-likeness (QED) is 0.123. The lowest BCUT2D eigenvalue weighted by atomic mass is 9.82. The predicted octanol–water partition coefficient (Wildman–Crippen LogP) is 6.04. The second-order valence-corrected chi connectivity index (χ2v) is 13.6. The number of carbonyl (C=O) groups excluding carboxylic acids is 2. The number of nitrogens with one attached hydrogen (secondary N) is 1. The van der Waals surface area contributed by atoms with Gasteiger partial charge in [-0.1, -0.05) is 92.6 Å². The number of nitrogens with zero attached hydrogens (tertiary/aromatic N) is 1. The summed E-state index contributed by atoms with van der Waals surface area (Å²) in [6.45, 7) is 1.05. The number of Topliss-reactive ketones (excluding diaryl/α,β-unsaturated/α-hetero) is 1. The van der Waals surface area contributed by atoms with Gasteiger partial charge in [0.05, 0.1) is 25.2 Å². The van der Waals surface area contributed by atoms with Crippen molar-refractivity contribution in [1.29, 1.82) is 0 Å². The number of hydrogen-bond acceptors (Lipinski definition) is 7. The molecule has 0 fully saturated rings. The molecule has 3 rings (SSSR count). The number of unbranched alkanes of at least 4 members (excludes halogenated alkanes) is 2. The van der Waals surface area contributed by atoms with Crippen molar-refractivity contribution in [3.8, 4) is 0 Å². The van der Waals surface area contributed by atoms with Crippen LogP contribution in [0.5, 0.6) is 0 Å². The third-order valence-corrected chi connectivity index (χ3v) is 10.3. The van der Waals surface area contributed by atoms with Crippen molar-refractivity contribution in [3.05, 3.63) is 102 Å². The van der Waals surface area contributed by atoms with Gasteiger partial charge in [-0.25, -0.2) is 22.0 Å². The average molecular weight is 689 g/mol. The van der Waals surface area contributed by atoms with Crippen LogP contribution in [-0.2, 0) is 26.2 Å². The van der Waals surface area contributed by atoms with Crippen molar-refractivity contribution in [3.63, 3.8) is 0 Å². The standard InChI is InChI=1S/C36H46F2N2O7S/c1-3-4-11-24-40(48(45,46)31-18-16-27(25-41)17-19-31)30(26-42)20-22-36(37,38)23-21-32(43)34(39-35(44)47-2)33(28-12-7-5-8-13-28)29-14-9-6-10-15-29/h5-10,12-19,30,33-34,41-42H,3-4,11,20-26H2,1-2H3,(H,39,44)/t30-,34+/m0/s1. The number of alkyl carbamates (subject to hydrolysis) is 1. The van der Waals surface area contributed by atoms with Gasteiger partial charge in [0.25, 0.3) is 0 Å². The number of hydrogen-bond donors (Lipinski definition) is 3. The lowest BCUT2D eigenvalue weighted by molar-refractivity contribution is -0.123. The second-order valence-electron chi connectivity index (χ2n) is 11.7. The first-order chi connectivity index (χ1) is 23.0. The van der Waals surface area contributed by atoms with Gasteiger partial charge in [0.2, 0.25) is 15.9 Å². The molecule has 3 aromatic carbocycles. The summed E-state index contributed by atoms with van der Waals surface area (Å²) in [5.74, 6) is -4.68. The van der Waals surface area contributed by atoms with E-state index < -0.39 is 71.7 Å². The van der Waals surface area contributed by atoms with Gasteiger partial charge in [-0.15, -0.1) is 0 Å². The number of rotatable bonds is 20. The molecule has 48 heavy (non-hydrogen) atoms. The van der Waals surface area contributed by atoms with Crippen LogP contribution in [0.15, 0.2) is 89.8 Å². The minimum absolute atomic E-state index is 0.0362. The maximum Gasteiger partial charge on any atom is 0.407 e. The number of methoxy groups -OCH3 is 1. The van der Waals surface area contributed by atoms with Crippen molar-refractivity contribution < 1.29 is 41.7 Å². The van der Waals surface area contributed by atoms with Gasteiger partial charge in [-0.2, -0.15) is 4.31 Å². The predicted molar refractivity (Wildman–Crippen MR) is 179 cm³/mol. The maximum absolute atomic E-state index is 15.5. The summed E-state index contributed by atoms with van der Waals surface area (Å²) in [6.07, 6.45) is -1.43. The van der Waals surface area contributed by atoms with Crippen LogP contribution in [0.1, 0.15) is 74.5 Å². The van der Waals surface area contributed by atoms with Gasteiger partial charge in [-0.3, -0.25) is 4.79 Å². The van der Waals surface area contributed by atoms with E-state index in [2.05, 4.69) is 5.32 Å². The largest absolute Gasteiger partial charge is 0.453 e. The molecule has 0 saturated carbocycles. The molecule has 9 nitrogen and oxygen atoms in total. The first-order valence-corrected chi connectivity index (χ1v) is 17.6. The van der Waals surface area contributed by atoms with Crippen LogP contribution in [0.4, 0.5) is 13.6 Å². The van der Waals surface area contributed by atoms with Crippen molar-refractivity contribution in [2.24, 2.45) is 0 Å². The van der Waals surface area contributed by atoms with E-state index in [-0.39, 0.29) is 24.5 Å². The third kappa shape index (κ3) is 10.9. The Kier molecular flexibility index (Phi) is 15.1. The third-order valence-electron chi connectivity index (χ3n) is 8.35. The summed E-state index contributed by atoms with van der Waals surface area (Å²) in [6, 6.07) is 21.2. The fraction of sp³-hybridized carbons (Fsp3) is 0.444. The SMILES string of the molecule is CCCCCN([C@H](CO)CCC(F)(F)CCC(=O)[C@@H](NC(=O)OC)C(c1ccccc1)c1ccccc1)S(=O)(=O)c1ccc(CO)cc1. The van der Waals surface area contributed by atoms with Crippen LogP contribution in [0.3, 0.4) is 0 Å². The summed E-state index contributed by atoms with van der Waals surface area (Å²) in [7, 11) is -3.01. The second kappa shape index (κ2) is 18.7. The zero-order chi connectivity index (χ0) is 35.2. The summed E-state index contributed by atoms with van der Waals surface area (Å²) in [4.78, 5) is 26.0. The summed E-state index contributed by atoms with van der Waals surface area (Å²) in [5, 5.41) is 22.1. The molecular formula is C36H46F2N2O7S. The van der Waals surface area contributed by atoms with Gasteiger partial charge in [0, 0.05) is 37.8 Å². The molecule has 3 aromatic rings. The maximum atomic E-state index is 15.5. The van der Waals surface area contributed by atoms with Crippen molar-refractivity contribution in [2.45, 2.75) is 87.3 Å². The van der Waals surface area contributed by atoms with Crippen LogP contribution < -0.4 is 5.32 Å². The summed E-state index contributed by atoms with van der Waals surface area (Å²) >= 11 is 0. The molecule has 0 aliphatic heterocycles. The Bertz CT molecular complexity index is 1490. The number of alkyl halides is 2. The molecule has 2 atom stereocenters. The minimum atomic E-state index is -4.16. The molecule has 12 heteroatoms. The zero-order valence-corrected chi connectivity index (χ0v) is 28.2. The van der Waals surface area contributed by atoms with Crippen LogP contribution in [0.25, 0.3) is 0 Å². The Morgan fingerprint density at radius 2 is 1.48 bits per heavy atom. The van der Waals surface area contributed by atoms with Gasteiger partial charge < -0.3 is 20.3 Å². The molecule has 0 spiro atoms. The number of ether oxygens (including phenoxy) is 1. The van der Waals surface area contributed by atoms with Crippen LogP contribution >= 0.6 is 0 Å². The highest BCUT2D eigenvalue weighted by Crippen LogP contribution is 2.33. The molecule has 0 bridgehead atoms. The fourth-order valence-electron chi connectivity index (χ4n) is 5.64. The Labute approximate surface area is 282 Å². The molecule has 262 valence electrons. The molecule has 0 heterocycles. The van der Waals surface area contributed by atoms with E-state index in [4.69, 9.17) is 4.74 Å². The Hall–Kier alpha value is -3.71. The Balaban J connectivity index is 1.79. The molecule has 1 amide bonds. The molecule has 0 aromatic heterocycles. The molecule has 3 N–H and O–H groups in total. The monoisotopic (exact) mass is 688 g/mol. The van der Waals surface area contributed by atoms with Gasteiger partial charge in [-0.05, 0) is 41.7 Å². The first kappa shape index (κ1) is 38.7. The topological polar surface area (TPSA) is 133 Å². The number of amides is 1. The number of aliphatic hydroxyl groups is 2. The number of aliphatic hydroxyl groups excluding tert-OH is 2. The molecule has 0 aliphatic rings. The zero-order valence-electron chi connectivity index (χ0n) is 27.4. The first-order valence-electron chi connectivity index (χ1n) is 16.1. The van der Waals surface area contributed by atoms with E-state index >= 15 is 8.78 Å². The number of benzene rings is 3. The number of sulfonamides is 1. The van der Waals surface area contributed by atoms with E-state index in [0.29, 0.717) is 29.5 Å². The van der Waals surface area contributed by atoms with E-state index in [1.807, 2.05) is 6.92 Å². The highest BCUT2D eigenvalue weighted by molar-refractivity contribution is 7.89. The van der Waals surface area contributed by atoms with E-state index in [9.17, 15) is 28.2 Å². The van der Waals surface area contributed by atoms with E-state index in [1.54, 1.807) is 60.7 Å². The van der Waals surface area contributed by atoms with Gasteiger partial charge >= 0.3 is 6.09 Å². The van der Waals surface area contributed by atoms with Gasteiger partial charge in [0.1, 0.15) is 6.04 Å². The summed E-state index contributed by atoms with van der Waals surface area (Å²) < 4.78 is 64.0. The summed E-state index contributed by atoms with van der Waals surface area (Å²) in [5.41, 5.74) is 1.92. The highest BCUT2D eigenvalue weighted by Gasteiger charge is 2.38. The average Bonchev–Trinajstić information content (AvgIpc) is 3.10. The minimum Gasteiger partial charge on any atom is -0.453 e. The number of ketones is 1. The number of carbonyl (C=O) groups is 2. The number of halogens is 2. The van der Waals surface area contributed by atoms with Crippen molar-refractivity contribution >= 4 is 21.9 Å². The van der Waals surface area contributed by atoms with Crippen LogP contribution in [0.2, 0.25) is 0 Å². The highest BCUT2D eigenvalue weighted by atomic mass is 32.2. The molecule has 0 radical (unpaired) electrons. The van der Waals surface area contributed by atoms with Gasteiger partial charge in [0.15, 0.2) is 5.78 Å². The van der Waals surface area contributed by atoms with E-state index in [0.717, 1.165) is 17.8 Å². The molecular weight excluding hydrogens is 642 g/mol. The van der Waals surface area contributed by atoms with Crippen molar-refractivity contribution in [2.75, 3.05) is 20.3 Å². The van der Waals surface area contributed by atoms with Crippen LogP contribution in [0, 0.1) is 0 Å². The fourth-order valence-corrected chi connectivity index (χ4v) is 7.33. The molecule has 0 saturated heterocycles. The molecule has 0 unspecified atom stereocenters. The lowest BCUT2D eigenvalue weighted by Gasteiger charge is -2.31. The smallest absolute Gasteiger partial charge is 0.407 e. The Morgan fingerprint density at radius 1 is 0.896 bits per heavy atom. The Morgan fingerprint density at radius 3 is 1.98 bits per heavy atom. The normalized spacial score (nSPS) is 13.3. The molecule has 0 aliphatic carbocycles. The van der Waals surface area contributed by atoms with Crippen molar-refractivity contribution in [1.82, 2.24) is 9.62 Å². The van der Waals surface area contributed by atoms with Crippen LogP contribution in [-0.4, -0.2) is 73.1 Å². The lowest BCUT2D eigenvalue weighted by Crippen LogP contribution is -2.46.